The van der Waals surface area contributed by atoms with E-state index >= 15 is 0 Å². The van der Waals surface area contributed by atoms with Crippen molar-refractivity contribution in [2.75, 3.05) is 0 Å². The lowest BCUT2D eigenvalue weighted by Gasteiger charge is -2.30. The van der Waals surface area contributed by atoms with Gasteiger partial charge in [-0.1, -0.05) is 26.2 Å². The average Bonchev–Trinajstić information content (AvgIpc) is 2.46. The van der Waals surface area contributed by atoms with Crippen LogP contribution in [0.3, 0.4) is 0 Å². The number of halogens is 1. The monoisotopic (exact) mass is 298 g/mol. The van der Waals surface area contributed by atoms with Crippen LogP contribution in [-0.2, 0) is 10.8 Å². The van der Waals surface area contributed by atoms with Gasteiger partial charge >= 0.3 is 5.97 Å². The van der Waals surface area contributed by atoms with Crippen molar-refractivity contribution >= 4 is 16.8 Å². The van der Waals surface area contributed by atoms with Gasteiger partial charge in [0.05, 0.1) is 16.4 Å². The molecular weight excluding hydrogens is 279 g/mol. The molecule has 0 aliphatic heterocycles. The van der Waals surface area contributed by atoms with Gasteiger partial charge in [0, 0.05) is 10.1 Å². The van der Waals surface area contributed by atoms with Crippen LogP contribution in [0.1, 0.15) is 49.4 Å². The minimum Gasteiger partial charge on any atom is -0.478 e. The van der Waals surface area contributed by atoms with Gasteiger partial charge < -0.3 is 5.11 Å². The molecule has 1 N–H and O–H groups in total. The van der Waals surface area contributed by atoms with Gasteiger partial charge in [0.1, 0.15) is 5.82 Å². The zero-order valence-electron chi connectivity index (χ0n) is 11.5. The maximum atomic E-state index is 13.4. The van der Waals surface area contributed by atoms with Gasteiger partial charge in [-0.25, -0.2) is 9.18 Å². The summed E-state index contributed by atoms with van der Waals surface area (Å²) in [7, 11) is -1.26. The first-order valence-corrected chi connectivity index (χ1v) is 8.19. The van der Waals surface area contributed by atoms with Crippen molar-refractivity contribution in [3.8, 4) is 0 Å². The molecule has 20 heavy (non-hydrogen) atoms. The Bertz CT molecular complexity index is 530. The van der Waals surface area contributed by atoms with Gasteiger partial charge in [-0.05, 0) is 37.0 Å². The number of benzene rings is 1. The van der Waals surface area contributed by atoms with Gasteiger partial charge in [0.2, 0.25) is 0 Å². The first-order valence-electron chi connectivity index (χ1n) is 6.98. The van der Waals surface area contributed by atoms with Crippen molar-refractivity contribution in [2.24, 2.45) is 5.92 Å². The molecule has 0 saturated heterocycles. The minimum atomic E-state index is -1.32. The van der Waals surface area contributed by atoms with E-state index in [-0.39, 0.29) is 5.25 Å². The molecular formula is C15H19FO3S. The Kier molecular flexibility index (Phi) is 4.91. The van der Waals surface area contributed by atoms with E-state index in [1.54, 1.807) is 0 Å². The van der Waals surface area contributed by atoms with E-state index in [1.165, 1.54) is 12.1 Å². The number of carboxylic acid groups (broad SMARTS) is 1. The highest BCUT2D eigenvalue weighted by molar-refractivity contribution is 7.85. The topological polar surface area (TPSA) is 54.4 Å². The number of hydrogen-bond acceptors (Lipinski definition) is 2. The summed E-state index contributed by atoms with van der Waals surface area (Å²) in [5, 5.41) is 9.00. The van der Waals surface area contributed by atoms with Crippen molar-refractivity contribution in [3.63, 3.8) is 0 Å². The van der Waals surface area contributed by atoms with Crippen LogP contribution in [0.5, 0.6) is 0 Å². The minimum absolute atomic E-state index is 0.0563. The van der Waals surface area contributed by atoms with Crippen LogP contribution < -0.4 is 0 Å². The van der Waals surface area contributed by atoms with E-state index in [0.717, 1.165) is 38.2 Å². The van der Waals surface area contributed by atoms with Crippen LogP contribution >= 0.6 is 0 Å². The zero-order valence-corrected chi connectivity index (χ0v) is 12.3. The van der Waals surface area contributed by atoms with Gasteiger partial charge in [0.15, 0.2) is 0 Å². The lowest BCUT2D eigenvalue weighted by molar-refractivity contribution is 0.0691. The fraction of sp³-hybridized carbons (Fsp3) is 0.533. The largest absolute Gasteiger partial charge is 0.478 e. The van der Waals surface area contributed by atoms with E-state index in [9.17, 15) is 13.4 Å². The summed E-state index contributed by atoms with van der Waals surface area (Å²) >= 11 is 0. The third-order valence-corrected chi connectivity index (χ3v) is 5.93. The summed E-state index contributed by atoms with van der Waals surface area (Å²) in [6.45, 7) is 2.09. The smallest absolute Gasteiger partial charge is 0.338 e. The Morgan fingerprint density at radius 1 is 1.40 bits per heavy atom. The molecule has 110 valence electrons. The lowest BCUT2D eigenvalue weighted by Crippen LogP contribution is -2.29. The first kappa shape index (κ1) is 15.2. The van der Waals surface area contributed by atoms with E-state index in [2.05, 4.69) is 6.92 Å². The van der Waals surface area contributed by atoms with Crippen molar-refractivity contribution in [2.45, 2.75) is 49.2 Å². The lowest BCUT2D eigenvalue weighted by atomic mass is 9.87. The van der Waals surface area contributed by atoms with E-state index in [4.69, 9.17) is 5.11 Å². The van der Waals surface area contributed by atoms with Gasteiger partial charge in [-0.2, -0.15) is 0 Å². The molecule has 0 amide bonds. The zero-order chi connectivity index (χ0) is 14.7. The molecule has 3 nitrogen and oxygen atoms in total. The van der Waals surface area contributed by atoms with Gasteiger partial charge in [0.25, 0.3) is 0 Å². The van der Waals surface area contributed by atoms with Crippen molar-refractivity contribution in [3.05, 3.63) is 29.6 Å². The number of rotatable bonds is 4. The van der Waals surface area contributed by atoms with Crippen LogP contribution in [0.25, 0.3) is 0 Å². The molecule has 1 saturated carbocycles. The van der Waals surface area contributed by atoms with E-state index in [0.29, 0.717) is 10.8 Å². The molecule has 5 heteroatoms. The summed E-state index contributed by atoms with van der Waals surface area (Å²) < 4.78 is 26.0. The molecule has 1 aliphatic carbocycles. The Morgan fingerprint density at radius 3 is 2.75 bits per heavy atom. The SMILES string of the molecule is CCC1CCCCC1S(=O)c1ccc(F)c(C(=O)O)c1. The van der Waals surface area contributed by atoms with E-state index < -0.39 is 28.1 Å². The fourth-order valence-electron chi connectivity index (χ4n) is 2.89. The van der Waals surface area contributed by atoms with E-state index in [1.807, 2.05) is 0 Å². The second-order valence-electron chi connectivity index (χ2n) is 5.24. The highest BCUT2D eigenvalue weighted by Crippen LogP contribution is 2.33. The Labute approximate surface area is 120 Å². The second kappa shape index (κ2) is 6.48. The first-order chi connectivity index (χ1) is 9.54. The third-order valence-electron chi connectivity index (χ3n) is 4.04. The summed E-state index contributed by atoms with van der Waals surface area (Å²) in [6.07, 6.45) is 5.16. The van der Waals surface area contributed by atoms with Crippen LogP contribution in [0, 0.1) is 11.7 Å². The molecule has 0 bridgehead atoms. The highest BCUT2D eigenvalue weighted by atomic mass is 32.2. The molecule has 0 aromatic heterocycles. The Hall–Kier alpha value is -1.23. The molecule has 0 heterocycles. The molecule has 0 spiro atoms. The normalized spacial score (nSPS) is 24.3. The predicted octanol–water partition coefficient (Wildman–Crippen LogP) is 3.60. The molecule has 0 radical (unpaired) electrons. The summed E-state index contributed by atoms with van der Waals surface area (Å²) in [6, 6.07) is 3.76. The molecule has 1 aromatic rings. The second-order valence-corrected chi connectivity index (χ2v) is 6.91. The molecule has 3 unspecified atom stereocenters. The number of carboxylic acids is 1. The summed E-state index contributed by atoms with van der Waals surface area (Å²) in [5.41, 5.74) is -0.403. The van der Waals surface area contributed by atoms with Crippen molar-refractivity contribution in [1.29, 1.82) is 0 Å². The summed E-state index contributed by atoms with van der Waals surface area (Å²) in [4.78, 5) is 11.4. The van der Waals surface area contributed by atoms with Crippen LogP contribution in [0.2, 0.25) is 0 Å². The number of aromatic carboxylic acids is 1. The van der Waals surface area contributed by atoms with Gasteiger partial charge in [-0.3, -0.25) is 4.21 Å². The molecule has 2 rings (SSSR count). The maximum Gasteiger partial charge on any atom is 0.338 e. The molecule has 1 aliphatic rings. The van der Waals surface area contributed by atoms with Crippen LogP contribution in [-0.4, -0.2) is 20.5 Å². The summed E-state index contributed by atoms with van der Waals surface area (Å²) in [5.74, 6) is -1.70. The highest BCUT2D eigenvalue weighted by Gasteiger charge is 2.30. The molecule has 1 fully saturated rings. The quantitative estimate of drug-likeness (QED) is 0.924. The van der Waals surface area contributed by atoms with Crippen LogP contribution in [0.15, 0.2) is 23.1 Å². The number of carbonyl (C=O) groups is 1. The Balaban J connectivity index is 2.28. The molecule has 3 atom stereocenters. The number of hydrogen-bond donors (Lipinski definition) is 1. The molecule has 1 aromatic carbocycles. The average molecular weight is 298 g/mol. The maximum absolute atomic E-state index is 13.4. The van der Waals surface area contributed by atoms with Crippen molar-refractivity contribution < 1.29 is 18.5 Å². The Morgan fingerprint density at radius 2 is 2.10 bits per heavy atom. The third kappa shape index (κ3) is 3.08. The predicted molar refractivity (Wildman–Crippen MR) is 75.8 cm³/mol. The van der Waals surface area contributed by atoms with Gasteiger partial charge in [-0.15, -0.1) is 0 Å². The van der Waals surface area contributed by atoms with Crippen LogP contribution in [0.4, 0.5) is 4.39 Å². The fourth-order valence-corrected chi connectivity index (χ4v) is 4.74. The standard InChI is InChI=1S/C15H19FO3S/c1-2-10-5-3-4-6-14(10)20(19)11-7-8-13(16)12(9-11)15(17)18/h7-10,14H,2-6H2,1H3,(H,17,18). The van der Waals surface area contributed by atoms with Crippen molar-refractivity contribution in [1.82, 2.24) is 0 Å².